The maximum absolute atomic E-state index is 12.6. The Morgan fingerprint density at radius 1 is 1.19 bits per heavy atom. The van der Waals surface area contributed by atoms with Crippen LogP contribution in [-0.2, 0) is 20.0 Å². The molecule has 0 amide bonds. The van der Waals surface area contributed by atoms with Gasteiger partial charge in [-0.2, -0.15) is 4.31 Å². The van der Waals surface area contributed by atoms with Crippen LogP contribution in [0, 0.1) is 5.92 Å². The lowest BCUT2D eigenvalue weighted by molar-refractivity contribution is 0.274. The van der Waals surface area contributed by atoms with Crippen LogP contribution in [0.2, 0.25) is 0 Å². The van der Waals surface area contributed by atoms with Crippen molar-refractivity contribution < 1.29 is 16.8 Å². The Morgan fingerprint density at radius 2 is 1.92 bits per heavy atom. The Hall–Kier alpha value is -0.850. The first kappa shape index (κ1) is 19.9. The number of nitrogens with zero attached hydrogens (tertiary/aromatic N) is 2. The predicted octanol–water partition coefficient (Wildman–Crippen LogP) is 2.28. The van der Waals surface area contributed by atoms with Crippen molar-refractivity contribution in [1.82, 2.24) is 14.0 Å². The highest BCUT2D eigenvalue weighted by atomic mass is 79.9. The molecule has 1 aliphatic heterocycles. The fourth-order valence-corrected chi connectivity index (χ4v) is 7.35. The molecule has 3 heterocycles. The molecule has 0 aromatic carbocycles. The first-order valence-electron chi connectivity index (χ1n) is 7.94. The molecule has 3 rings (SSSR count). The fraction of sp³-hybridized carbons (Fsp3) is 0.400. The molecule has 11 heteroatoms. The smallest absolute Gasteiger partial charge is 0.250 e. The molecule has 1 N–H and O–H groups in total. The molecule has 1 fully saturated rings. The quantitative estimate of drug-likeness (QED) is 0.685. The summed E-state index contributed by atoms with van der Waals surface area (Å²) in [4.78, 5) is 4.05. The number of hydrogen-bond acceptors (Lipinski definition) is 6. The van der Waals surface area contributed by atoms with Gasteiger partial charge in [-0.05, 0) is 59.0 Å². The molecule has 2 aromatic heterocycles. The molecule has 0 unspecified atom stereocenters. The molecule has 1 aliphatic rings. The molecule has 1 saturated heterocycles. The van der Waals surface area contributed by atoms with Gasteiger partial charge in [-0.1, -0.05) is 0 Å². The molecule has 0 spiro atoms. The van der Waals surface area contributed by atoms with E-state index in [1.54, 1.807) is 18.2 Å². The Balaban J connectivity index is 1.56. The van der Waals surface area contributed by atoms with E-state index in [4.69, 9.17) is 0 Å². The normalized spacial score (nSPS) is 17.4. The van der Waals surface area contributed by atoms with E-state index < -0.39 is 20.0 Å². The first-order valence-corrected chi connectivity index (χ1v) is 12.5. The third-order valence-corrected chi connectivity index (χ3v) is 9.64. The highest BCUT2D eigenvalue weighted by molar-refractivity contribution is 9.11. The van der Waals surface area contributed by atoms with Crippen molar-refractivity contribution >= 4 is 47.3 Å². The largest absolute Gasteiger partial charge is 0.263 e. The number of sulfonamides is 2. The van der Waals surface area contributed by atoms with Gasteiger partial charge in [0.1, 0.15) is 9.10 Å². The fourth-order valence-electron chi connectivity index (χ4n) is 2.74. The predicted molar refractivity (Wildman–Crippen MR) is 103 cm³/mol. The van der Waals surface area contributed by atoms with E-state index in [2.05, 4.69) is 25.6 Å². The highest BCUT2D eigenvalue weighted by Crippen LogP contribution is 2.27. The monoisotopic (exact) mass is 479 g/mol. The van der Waals surface area contributed by atoms with Crippen LogP contribution in [0.4, 0.5) is 0 Å². The molecular weight excluding hydrogens is 462 g/mol. The van der Waals surface area contributed by atoms with Gasteiger partial charge in [-0.3, -0.25) is 4.98 Å². The van der Waals surface area contributed by atoms with Crippen LogP contribution in [-0.4, -0.2) is 45.8 Å². The second-order valence-electron chi connectivity index (χ2n) is 5.95. The van der Waals surface area contributed by atoms with Crippen LogP contribution in [0.1, 0.15) is 12.8 Å². The van der Waals surface area contributed by atoms with E-state index in [0.29, 0.717) is 32.5 Å². The highest BCUT2D eigenvalue weighted by Gasteiger charge is 2.30. The summed E-state index contributed by atoms with van der Waals surface area (Å²) >= 11 is 4.41. The summed E-state index contributed by atoms with van der Waals surface area (Å²) in [5.41, 5.74) is 0. The number of thiophene rings is 1. The van der Waals surface area contributed by atoms with Crippen molar-refractivity contribution in [2.75, 3.05) is 19.6 Å². The number of halogens is 1. The molecule has 2 aromatic rings. The molecule has 26 heavy (non-hydrogen) atoms. The number of aromatic nitrogens is 1. The Morgan fingerprint density at radius 3 is 2.50 bits per heavy atom. The van der Waals surface area contributed by atoms with E-state index >= 15 is 0 Å². The van der Waals surface area contributed by atoms with Gasteiger partial charge >= 0.3 is 0 Å². The Bertz CT molecular complexity index is 953. The number of hydrogen-bond donors (Lipinski definition) is 1. The molecule has 7 nitrogen and oxygen atoms in total. The molecule has 0 bridgehead atoms. The summed E-state index contributed by atoms with van der Waals surface area (Å²) in [5, 5.41) is 0. The van der Waals surface area contributed by atoms with Gasteiger partial charge in [-0.15, -0.1) is 11.3 Å². The third-order valence-electron chi connectivity index (χ3n) is 4.22. The van der Waals surface area contributed by atoms with Crippen LogP contribution in [0.3, 0.4) is 0 Å². The molecule has 0 atom stereocenters. The first-order chi connectivity index (χ1) is 12.3. The van der Waals surface area contributed by atoms with Crippen molar-refractivity contribution in [3.8, 4) is 0 Å². The van der Waals surface area contributed by atoms with Gasteiger partial charge in [0.15, 0.2) is 0 Å². The van der Waals surface area contributed by atoms with Crippen molar-refractivity contribution in [3.05, 3.63) is 40.4 Å². The van der Waals surface area contributed by atoms with Crippen molar-refractivity contribution in [3.63, 3.8) is 0 Å². The maximum atomic E-state index is 12.6. The number of nitrogens with one attached hydrogen (secondary N) is 1. The van der Waals surface area contributed by atoms with E-state index in [1.165, 1.54) is 22.8 Å². The second-order valence-corrected chi connectivity index (χ2v) is 12.3. The standard InChI is InChI=1S/C15H18BrN3O4S3/c16-14-3-4-15(24-14)25(20,21)18-10-12-5-8-19(9-6-12)26(22,23)13-2-1-7-17-11-13/h1-4,7,11-12,18H,5-6,8-10H2. The molecule has 142 valence electrons. The van der Waals surface area contributed by atoms with Crippen molar-refractivity contribution in [2.45, 2.75) is 21.9 Å². The number of pyridine rings is 1. The van der Waals surface area contributed by atoms with Crippen LogP contribution in [0.5, 0.6) is 0 Å². The lowest BCUT2D eigenvalue weighted by Crippen LogP contribution is -2.41. The maximum Gasteiger partial charge on any atom is 0.250 e. The SMILES string of the molecule is O=S(=O)(NCC1CCN(S(=O)(=O)c2cccnc2)CC1)c1ccc(Br)s1. The minimum absolute atomic E-state index is 0.105. The minimum Gasteiger partial charge on any atom is -0.263 e. The van der Waals surface area contributed by atoms with Gasteiger partial charge < -0.3 is 0 Å². The number of rotatable bonds is 6. The summed E-state index contributed by atoms with van der Waals surface area (Å²) in [6.45, 7) is 1.04. The van der Waals surface area contributed by atoms with E-state index in [1.807, 2.05) is 0 Å². The number of piperidine rings is 1. The van der Waals surface area contributed by atoms with Crippen LogP contribution in [0.25, 0.3) is 0 Å². The van der Waals surface area contributed by atoms with Crippen LogP contribution >= 0.6 is 27.3 Å². The molecule has 0 aliphatic carbocycles. The summed E-state index contributed by atoms with van der Waals surface area (Å²) in [6, 6.07) is 6.38. The van der Waals surface area contributed by atoms with Crippen molar-refractivity contribution in [2.24, 2.45) is 5.92 Å². The molecular formula is C15H18BrN3O4S3. The zero-order valence-electron chi connectivity index (χ0n) is 13.7. The van der Waals surface area contributed by atoms with Gasteiger partial charge in [0.25, 0.3) is 0 Å². The Labute approximate surface area is 165 Å². The molecule has 0 saturated carbocycles. The topological polar surface area (TPSA) is 96.4 Å². The van der Waals surface area contributed by atoms with E-state index in [-0.39, 0.29) is 15.0 Å². The molecule has 0 radical (unpaired) electrons. The minimum atomic E-state index is -3.54. The zero-order valence-corrected chi connectivity index (χ0v) is 17.7. The summed E-state index contributed by atoms with van der Waals surface area (Å²) in [6.07, 6.45) is 4.09. The average Bonchev–Trinajstić information content (AvgIpc) is 3.09. The van der Waals surface area contributed by atoms with Crippen molar-refractivity contribution in [1.29, 1.82) is 0 Å². The van der Waals surface area contributed by atoms with E-state index in [9.17, 15) is 16.8 Å². The van der Waals surface area contributed by atoms with Gasteiger partial charge in [0.2, 0.25) is 20.0 Å². The average molecular weight is 480 g/mol. The van der Waals surface area contributed by atoms with Crippen LogP contribution < -0.4 is 4.72 Å². The summed E-state index contributed by atoms with van der Waals surface area (Å²) in [5.74, 6) is 0.105. The zero-order chi connectivity index (χ0) is 18.8. The third kappa shape index (κ3) is 4.52. The van der Waals surface area contributed by atoms with E-state index in [0.717, 1.165) is 15.1 Å². The summed E-state index contributed by atoms with van der Waals surface area (Å²) in [7, 11) is -7.07. The second kappa shape index (κ2) is 8.03. The van der Waals surface area contributed by atoms with Crippen LogP contribution in [0.15, 0.2) is 49.6 Å². The summed E-state index contributed by atoms with van der Waals surface area (Å²) < 4.78 is 54.7. The Kier molecular flexibility index (Phi) is 6.14. The van der Waals surface area contributed by atoms with Gasteiger partial charge in [0.05, 0.1) is 3.79 Å². The lowest BCUT2D eigenvalue weighted by Gasteiger charge is -2.31. The van der Waals surface area contributed by atoms with Gasteiger partial charge in [-0.25, -0.2) is 21.6 Å². The van der Waals surface area contributed by atoms with Gasteiger partial charge in [0, 0.05) is 32.0 Å². The lowest BCUT2D eigenvalue weighted by atomic mass is 9.99.